The molecule has 12 nitrogen and oxygen atoms in total. The van der Waals surface area contributed by atoms with Gasteiger partial charge in [0.2, 0.25) is 0 Å². The van der Waals surface area contributed by atoms with Crippen molar-refractivity contribution in [2.45, 2.75) is 143 Å². The van der Waals surface area contributed by atoms with Crippen LogP contribution in [-0.2, 0) is 0 Å². The van der Waals surface area contributed by atoms with E-state index in [4.69, 9.17) is 0 Å². The fourth-order valence-electron chi connectivity index (χ4n) is 12.1. The molecule has 3 aromatic heterocycles. The van der Waals surface area contributed by atoms with Crippen molar-refractivity contribution < 1.29 is 38.4 Å². The van der Waals surface area contributed by atoms with Crippen LogP contribution in [0.2, 0.25) is 0 Å². The number of nitrogens with zero attached hydrogens (tertiary/aromatic N) is 4. The first kappa shape index (κ1) is 52.6. The molecule has 4 aromatic carbocycles. The van der Waals surface area contributed by atoms with Gasteiger partial charge in [0.15, 0.2) is 0 Å². The van der Waals surface area contributed by atoms with E-state index in [0.29, 0.717) is 103 Å². The van der Waals surface area contributed by atoms with E-state index in [1.54, 1.807) is 47.7 Å². The van der Waals surface area contributed by atoms with Crippen molar-refractivity contribution in [2.75, 3.05) is 26.2 Å². The summed E-state index contributed by atoms with van der Waals surface area (Å²) in [5.74, 6) is -3.44. The standard InChI is InChI=1S/C62H64N4O8S3/c1-5-9-13-17-18-22-30-66-58(70)38-26-24-36-48-42(60(72)64(56(36)68)28-20-15-11-7-3)32-40(52(50(38)48)62(66)74)44-34-46-54(77-44)53-45(75-46)33-43(76-53)39-31-41-47-35(55(67)63(59(41)71)27-19-14-10-6-2)23-25-37-49(47)51(39)61(73)65(57(37)69)29-21-16-12-8-4/h23-26,31-34H,5-22,27-30H2,1-4H3. The zero-order valence-electron chi connectivity index (χ0n) is 44.5. The molecule has 4 aliphatic heterocycles. The molecule has 0 fully saturated rings. The van der Waals surface area contributed by atoms with E-state index in [2.05, 4.69) is 27.7 Å². The Hall–Kier alpha value is -6.42. The van der Waals surface area contributed by atoms with E-state index >= 15 is 4.79 Å². The average molecular weight is 1090 g/mol. The third-order valence-corrected chi connectivity index (χ3v) is 20.0. The predicted octanol–water partition coefficient (Wildman–Crippen LogP) is 15.3. The molecule has 0 bridgehead atoms. The minimum atomic E-state index is -0.443. The quantitative estimate of drug-likeness (QED) is 0.0429. The minimum Gasteiger partial charge on any atom is -0.274 e. The molecule has 4 aliphatic rings. The van der Waals surface area contributed by atoms with Gasteiger partial charge in [0, 0.05) is 111 Å². The van der Waals surface area contributed by atoms with Gasteiger partial charge in [-0.15, -0.1) is 34.0 Å². The molecule has 398 valence electrons. The maximum absolute atomic E-state index is 15.1. The second kappa shape index (κ2) is 21.8. The zero-order chi connectivity index (χ0) is 53.8. The van der Waals surface area contributed by atoms with Crippen molar-refractivity contribution in [1.82, 2.24) is 19.6 Å². The Morgan fingerprint density at radius 2 is 0.584 bits per heavy atom. The maximum Gasteiger partial charge on any atom is 0.262 e. The van der Waals surface area contributed by atoms with Crippen LogP contribution in [0.3, 0.4) is 0 Å². The third-order valence-electron chi connectivity index (χ3n) is 16.1. The molecule has 0 N–H and O–H groups in total. The summed E-state index contributed by atoms with van der Waals surface area (Å²) in [5.41, 5.74) is 3.51. The van der Waals surface area contributed by atoms with Crippen LogP contribution in [0.4, 0.5) is 0 Å². The van der Waals surface area contributed by atoms with Gasteiger partial charge < -0.3 is 0 Å². The maximum atomic E-state index is 15.1. The normalized spacial score (nSPS) is 15.2. The summed E-state index contributed by atoms with van der Waals surface area (Å²) in [7, 11) is 0. The number of unbranched alkanes of at least 4 members (excludes halogenated alkanes) is 14. The molecule has 0 saturated carbocycles. The minimum absolute atomic E-state index is 0.247. The van der Waals surface area contributed by atoms with Gasteiger partial charge in [-0.3, -0.25) is 58.0 Å². The third kappa shape index (κ3) is 8.84. The van der Waals surface area contributed by atoms with Crippen molar-refractivity contribution in [3.05, 3.63) is 93.0 Å². The molecular formula is C62H64N4O8S3. The van der Waals surface area contributed by atoms with Gasteiger partial charge >= 0.3 is 0 Å². The van der Waals surface area contributed by atoms with Gasteiger partial charge in [-0.05, 0) is 74.2 Å². The summed E-state index contributed by atoms with van der Waals surface area (Å²) < 4.78 is 3.77. The Kier molecular flexibility index (Phi) is 14.9. The summed E-state index contributed by atoms with van der Waals surface area (Å²) in [6.45, 7) is 9.51. The first-order valence-corrected chi connectivity index (χ1v) is 30.6. The fourth-order valence-corrected chi connectivity index (χ4v) is 16.1. The molecule has 8 amide bonds. The van der Waals surface area contributed by atoms with Gasteiger partial charge in [0.1, 0.15) is 0 Å². The molecule has 7 heterocycles. The van der Waals surface area contributed by atoms with Crippen LogP contribution < -0.4 is 0 Å². The first-order chi connectivity index (χ1) is 37.4. The van der Waals surface area contributed by atoms with Gasteiger partial charge in [-0.25, -0.2) is 0 Å². The predicted molar refractivity (Wildman–Crippen MR) is 308 cm³/mol. The molecule has 0 saturated heterocycles. The summed E-state index contributed by atoms with van der Waals surface area (Å²) in [6, 6.07) is 14.2. The summed E-state index contributed by atoms with van der Waals surface area (Å²) in [4.78, 5) is 123. The lowest BCUT2D eigenvalue weighted by Crippen LogP contribution is -2.44. The number of benzene rings is 4. The molecule has 0 aliphatic carbocycles. The molecular weight excluding hydrogens is 1020 g/mol. The van der Waals surface area contributed by atoms with E-state index in [-0.39, 0.29) is 26.2 Å². The van der Waals surface area contributed by atoms with Crippen LogP contribution in [0, 0.1) is 0 Å². The van der Waals surface area contributed by atoms with Crippen molar-refractivity contribution >= 4 is 122 Å². The van der Waals surface area contributed by atoms with Crippen molar-refractivity contribution in [3.63, 3.8) is 0 Å². The lowest BCUT2D eigenvalue weighted by molar-refractivity contribution is 0.0586. The monoisotopic (exact) mass is 1090 g/mol. The van der Waals surface area contributed by atoms with E-state index in [0.717, 1.165) is 118 Å². The molecule has 11 rings (SSSR count). The van der Waals surface area contributed by atoms with Crippen LogP contribution in [0.15, 0.2) is 48.5 Å². The highest BCUT2D eigenvalue weighted by atomic mass is 32.1. The number of carbonyl (C=O) groups is 8. The largest absolute Gasteiger partial charge is 0.274 e. The second-order valence-corrected chi connectivity index (χ2v) is 24.4. The smallest absolute Gasteiger partial charge is 0.262 e. The Labute approximate surface area is 460 Å². The van der Waals surface area contributed by atoms with Crippen LogP contribution >= 0.6 is 34.0 Å². The Morgan fingerprint density at radius 3 is 0.935 bits per heavy atom. The highest BCUT2D eigenvalue weighted by Crippen LogP contribution is 2.52. The van der Waals surface area contributed by atoms with Crippen LogP contribution in [0.25, 0.3) is 61.2 Å². The van der Waals surface area contributed by atoms with Gasteiger partial charge in [0.25, 0.3) is 47.3 Å². The second-order valence-electron chi connectivity index (χ2n) is 21.2. The zero-order valence-corrected chi connectivity index (χ0v) is 46.9. The highest BCUT2D eigenvalue weighted by Gasteiger charge is 2.44. The number of hydrogen-bond donors (Lipinski definition) is 0. The molecule has 0 atom stereocenters. The molecule has 0 spiro atoms. The van der Waals surface area contributed by atoms with E-state index in [9.17, 15) is 33.6 Å². The first-order valence-electron chi connectivity index (χ1n) is 28.1. The fraction of sp³-hybridized carbons (Fsp3) is 0.419. The average Bonchev–Trinajstić information content (AvgIpc) is 4.24. The van der Waals surface area contributed by atoms with Gasteiger partial charge in [0.05, 0.1) is 20.5 Å². The molecule has 77 heavy (non-hydrogen) atoms. The number of carbonyl (C=O) groups excluding carboxylic acids is 8. The Balaban J connectivity index is 1.05. The van der Waals surface area contributed by atoms with E-state index < -0.39 is 47.3 Å². The van der Waals surface area contributed by atoms with Gasteiger partial charge in [-0.2, -0.15) is 0 Å². The van der Waals surface area contributed by atoms with Gasteiger partial charge in [-0.1, -0.05) is 118 Å². The van der Waals surface area contributed by atoms with Crippen molar-refractivity contribution in [1.29, 1.82) is 0 Å². The Morgan fingerprint density at radius 1 is 0.299 bits per heavy atom. The summed E-state index contributed by atoms with van der Waals surface area (Å²) in [5, 5.41) is 1.42. The lowest BCUT2D eigenvalue weighted by atomic mass is 9.83. The number of fused-ring (bicyclic) bond motifs is 3. The Bertz CT molecular complexity index is 3660. The van der Waals surface area contributed by atoms with Crippen molar-refractivity contribution in [2.24, 2.45) is 0 Å². The number of imide groups is 4. The number of rotatable bonds is 24. The molecule has 15 heteroatoms. The number of hydrogen-bond acceptors (Lipinski definition) is 11. The number of thiophene rings is 3. The number of amides is 8. The van der Waals surface area contributed by atoms with Crippen LogP contribution in [0.5, 0.6) is 0 Å². The topological polar surface area (TPSA) is 150 Å². The SMILES string of the molecule is CCCCCCCCN1C(=O)c2ccc3c4c(cc(-c5cc6sc7cc(-c8cc9c%10c(ccc%11c%10c8C(=O)N(CCCCCC)C%11=O)C(=O)N(CCCCCC)C9=O)sc7c6s5)c(c24)C1=O)C(=O)N(CCCCCC)C3=O. The molecule has 7 aromatic rings. The van der Waals surface area contributed by atoms with E-state index in [1.165, 1.54) is 42.3 Å². The summed E-state index contributed by atoms with van der Waals surface area (Å²) >= 11 is 4.53. The van der Waals surface area contributed by atoms with Crippen LogP contribution in [-0.4, -0.2) is 93.0 Å². The van der Waals surface area contributed by atoms with Crippen LogP contribution in [0.1, 0.15) is 226 Å². The van der Waals surface area contributed by atoms with E-state index in [1.807, 2.05) is 12.1 Å². The summed E-state index contributed by atoms with van der Waals surface area (Å²) in [6.07, 6.45) is 16.4. The molecule has 0 unspecified atom stereocenters. The van der Waals surface area contributed by atoms with Crippen molar-refractivity contribution in [3.8, 4) is 20.9 Å². The lowest BCUT2D eigenvalue weighted by Gasteiger charge is -2.33. The molecule has 0 radical (unpaired) electrons. The highest BCUT2D eigenvalue weighted by molar-refractivity contribution is 7.40.